The van der Waals surface area contributed by atoms with Gasteiger partial charge in [-0.05, 0) is 0 Å². The van der Waals surface area contributed by atoms with Gasteiger partial charge in [0, 0.05) is 13.0 Å². The van der Waals surface area contributed by atoms with E-state index in [-0.39, 0.29) is 0 Å². The Labute approximate surface area is 139 Å². The Hall–Kier alpha value is -0.400. The second-order valence-electron chi connectivity index (χ2n) is 6.11. The minimum absolute atomic E-state index is 0.480. The van der Waals surface area contributed by atoms with Crippen LogP contribution in [0, 0.1) is 5.92 Å². The standard InChI is InChI=1S/C14H26O10/c1-5-8(17)12(7(4-16)23-13(5)21-2)24-14-11(20)10(19)9(18)6(3-15)22-14/h5-20H,3-4H2,1-2H3. The number of methoxy groups -OCH3 is 1. The number of hydrogen-bond donors (Lipinski definition) is 6. The fourth-order valence-electron chi connectivity index (χ4n) is 2.97. The maximum Gasteiger partial charge on any atom is 0.187 e. The Morgan fingerprint density at radius 1 is 0.792 bits per heavy atom. The van der Waals surface area contributed by atoms with Crippen molar-refractivity contribution >= 4 is 0 Å². The van der Waals surface area contributed by atoms with Crippen LogP contribution in [0.25, 0.3) is 0 Å². The highest BCUT2D eigenvalue weighted by molar-refractivity contribution is 4.93. The average molecular weight is 354 g/mol. The summed E-state index contributed by atoms with van der Waals surface area (Å²) in [6.07, 6.45) is -11.1. The maximum absolute atomic E-state index is 10.4. The van der Waals surface area contributed by atoms with Crippen molar-refractivity contribution in [2.75, 3.05) is 20.3 Å². The highest BCUT2D eigenvalue weighted by atomic mass is 16.7. The van der Waals surface area contributed by atoms with E-state index >= 15 is 0 Å². The summed E-state index contributed by atoms with van der Waals surface area (Å²) >= 11 is 0. The summed E-state index contributed by atoms with van der Waals surface area (Å²) in [5.41, 5.74) is 0. The average Bonchev–Trinajstić information content (AvgIpc) is 2.59. The first-order chi connectivity index (χ1) is 11.3. The molecule has 24 heavy (non-hydrogen) atoms. The van der Waals surface area contributed by atoms with Crippen molar-refractivity contribution in [1.29, 1.82) is 0 Å². The van der Waals surface area contributed by atoms with E-state index in [1.807, 2.05) is 0 Å². The van der Waals surface area contributed by atoms with Gasteiger partial charge in [-0.1, -0.05) is 6.92 Å². The first-order valence-electron chi connectivity index (χ1n) is 7.78. The maximum atomic E-state index is 10.4. The number of rotatable bonds is 5. The van der Waals surface area contributed by atoms with Crippen molar-refractivity contribution in [1.82, 2.24) is 0 Å². The van der Waals surface area contributed by atoms with E-state index in [1.165, 1.54) is 7.11 Å². The lowest BCUT2D eigenvalue weighted by Crippen LogP contribution is -2.63. The van der Waals surface area contributed by atoms with Crippen LogP contribution in [0.5, 0.6) is 0 Å². The molecule has 2 fully saturated rings. The monoisotopic (exact) mass is 354 g/mol. The predicted octanol–water partition coefficient (Wildman–Crippen LogP) is -3.47. The van der Waals surface area contributed by atoms with Gasteiger partial charge in [-0.2, -0.15) is 0 Å². The molecule has 0 amide bonds. The normalized spacial score (nSPS) is 50.0. The molecule has 0 aromatic rings. The topological polar surface area (TPSA) is 158 Å². The second kappa shape index (κ2) is 8.32. The van der Waals surface area contributed by atoms with Crippen molar-refractivity contribution in [3.63, 3.8) is 0 Å². The largest absolute Gasteiger partial charge is 0.394 e. The smallest absolute Gasteiger partial charge is 0.187 e. The zero-order valence-electron chi connectivity index (χ0n) is 13.5. The first kappa shape index (κ1) is 19.9. The SMILES string of the molecule is COC1OC(CO)C(OC2OC(CO)C(O)C(O)C2O)C(O)C1C. The molecule has 2 aliphatic heterocycles. The molecule has 2 heterocycles. The Balaban J connectivity index is 2.12. The molecule has 10 atom stereocenters. The molecule has 10 nitrogen and oxygen atoms in total. The van der Waals surface area contributed by atoms with Gasteiger partial charge in [-0.3, -0.25) is 0 Å². The van der Waals surface area contributed by atoms with E-state index in [0.717, 1.165) is 0 Å². The molecule has 142 valence electrons. The fraction of sp³-hybridized carbons (Fsp3) is 1.00. The molecular formula is C14H26O10. The Morgan fingerprint density at radius 2 is 1.38 bits per heavy atom. The molecule has 2 aliphatic rings. The zero-order chi connectivity index (χ0) is 18.0. The number of aliphatic hydroxyl groups excluding tert-OH is 6. The summed E-state index contributed by atoms with van der Waals surface area (Å²) in [6.45, 7) is 0.585. The van der Waals surface area contributed by atoms with Crippen LogP contribution < -0.4 is 0 Å². The minimum Gasteiger partial charge on any atom is -0.394 e. The highest BCUT2D eigenvalue weighted by Crippen LogP contribution is 2.31. The molecule has 0 aliphatic carbocycles. The molecule has 2 rings (SSSR count). The van der Waals surface area contributed by atoms with Crippen molar-refractivity contribution < 1.29 is 49.6 Å². The van der Waals surface area contributed by atoms with Crippen molar-refractivity contribution in [2.24, 2.45) is 5.92 Å². The van der Waals surface area contributed by atoms with E-state index in [9.17, 15) is 30.6 Å². The lowest BCUT2D eigenvalue weighted by molar-refractivity contribution is -0.351. The van der Waals surface area contributed by atoms with Gasteiger partial charge in [0.2, 0.25) is 0 Å². The molecule has 6 N–H and O–H groups in total. The lowest BCUT2D eigenvalue weighted by Gasteiger charge is -2.46. The van der Waals surface area contributed by atoms with Gasteiger partial charge in [-0.15, -0.1) is 0 Å². The first-order valence-corrected chi connectivity index (χ1v) is 7.78. The molecule has 0 spiro atoms. The minimum atomic E-state index is -1.61. The summed E-state index contributed by atoms with van der Waals surface area (Å²) in [6, 6.07) is 0. The molecule has 10 heteroatoms. The van der Waals surface area contributed by atoms with Gasteiger partial charge in [0.15, 0.2) is 12.6 Å². The molecule has 0 radical (unpaired) electrons. The molecule has 2 saturated heterocycles. The third kappa shape index (κ3) is 3.73. The van der Waals surface area contributed by atoms with E-state index in [4.69, 9.17) is 18.9 Å². The van der Waals surface area contributed by atoms with Crippen molar-refractivity contribution in [3.8, 4) is 0 Å². The molecular weight excluding hydrogens is 328 g/mol. The molecule has 0 aromatic carbocycles. The predicted molar refractivity (Wildman–Crippen MR) is 76.6 cm³/mol. The molecule has 0 bridgehead atoms. The van der Waals surface area contributed by atoms with Gasteiger partial charge < -0.3 is 49.6 Å². The lowest BCUT2D eigenvalue weighted by atomic mass is 9.92. The van der Waals surface area contributed by atoms with E-state index in [0.29, 0.717) is 0 Å². The summed E-state index contributed by atoms with van der Waals surface area (Å²) in [4.78, 5) is 0. The third-order valence-electron chi connectivity index (χ3n) is 4.53. The van der Waals surface area contributed by atoms with E-state index in [1.54, 1.807) is 6.92 Å². The second-order valence-corrected chi connectivity index (χ2v) is 6.11. The van der Waals surface area contributed by atoms with Crippen LogP contribution in [-0.2, 0) is 18.9 Å². The summed E-state index contributed by atoms with van der Waals surface area (Å²) in [5.74, 6) is -0.493. The van der Waals surface area contributed by atoms with Crippen LogP contribution >= 0.6 is 0 Å². The van der Waals surface area contributed by atoms with Gasteiger partial charge in [0.1, 0.15) is 36.6 Å². The molecule has 10 unspecified atom stereocenters. The van der Waals surface area contributed by atoms with Crippen molar-refractivity contribution in [2.45, 2.75) is 62.2 Å². The van der Waals surface area contributed by atoms with Gasteiger partial charge in [0.25, 0.3) is 0 Å². The molecule has 0 aromatic heterocycles. The fourth-order valence-corrected chi connectivity index (χ4v) is 2.97. The quantitative estimate of drug-likeness (QED) is 0.293. The van der Waals surface area contributed by atoms with Crippen molar-refractivity contribution in [3.05, 3.63) is 0 Å². The van der Waals surface area contributed by atoms with Crippen LogP contribution in [-0.4, -0.2) is 106 Å². The van der Waals surface area contributed by atoms with Crippen LogP contribution in [0.3, 0.4) is 0 Å². The zero-order valence-corrected chi connectivity index (χ0v) is 13.5. The van der Waals surface area contributed by atoms with E-state index in [2.05, 4.69) is 0 Å². The van der Waals surface area contributed by atoms with Gasteiger partial charge >= 0.3 is 0 Å². The molecule has 0 saturated carbocycles. The van der Waals surface area contributed by atoms with E-state index < -0.39 is 74.4 Å². The Bertz CT molecular complexity index is 392. The number of ether oxygens (including phenoxy) is 4. The van der Waals surface area contributed by atoms with Crippen LogP contribution in [0.1, 0.15) is 6.92 Å². The van der Waals surface area contributed by atoms with Crippen LogP contribution in [0.15, 0.2) is 0 Å². The Morgan fingerprint density at radius 3 is 1.92 bits per heavy atom. The number of aliphatic hydroxyl groups is 6. The van der Waals surface area contributed by atoms with Gasteiger partial charge in [0.05, 0.1) is 19.3 Å². The van der Waals surface area contributed by atoms with Crippen LogP contribution in [0.2, 0.25) is 0 Å². The number of hydrogen-bond acceptors (Lipinski definition) is 10. The summed E-state index contributed by atoms with van der Waals surface area (Å²) < 4.78 is 21.4. The third-order valence-corrected chi connectivity index (χ3v) is 4.53. The summed E-state index contributed by atoms with van der Waals surface area (Å²) in [7, 11) is 1.40. The summed E-state index contributed by atoms with van der Waals surface area (Å²) in [5, 5.41) is 58.6. The van der Waals surface area contributed by atoms with Gasteiger partial charge in [-0.25, -0.2) is 0 Å². The Kier molecular flexibility index (Phi) is 6.90. The van der Waals surface area contributed by atoms with Crippen LogP contribution in [0.4, 0.5) is 0 Å². The highest BCUT2D eigenvalue weighted by Gasteiger charge is 2.49.